The van der Waals surface area contributed by atoms with Gasteiger partial charge in [0.15, 0.2) is 5.96 Å². The van der Waals surface area contributed by atoms with E-state index in [9.17, 15) is 5.11 Å². The van der Waals surface area contributed by atoms with Crippen LogP contribution in [0.25, 0.3) is 0 Å². The van der Waals surface area contributed by atoms with E-state index in [1.165, 1.54) is 5.56 Å². The van der Waals surface area contributed by atoms with Crippen LogP contribution >= 0.6 is 24.0 Å². The first kappa shape index (κ1) is 22.2. The predicted octanol–water partition coefficient (Wildman–Crippen LogP) is 3.34. The van der Waals surface area contributed by atoms with E-state index in [0.717, 1.165) is 44.7 Å². The molecule has 0 atom stereocenters. The first-order valence-electron chi connectivity index (χ1n) is 8.42. The van der Waals surface area contributed by atoms with Gasteiger partial charge < -0.3 is 15.7 Å². The van der Waals surface area contributed by atoms with Crippen LogP contribution in [0.3, 0.4) is 0 Å². The van der Waals surface area contributed by atoms with Crippen molar-refractivity contribution in [2.75, 3.05) is 19.6 Å². The lowest BCUT2D eigenvalue weighted by Gasteiger charge is -2.23. The highest BCUT2D eigenvalue weighted by molar-refractivity contribution is 14.0. The molecule has 4 nitrogen and oxygen atoms in total. The summed E-state index contributed by atoms with van der Waals surface area (Å²) < 4.78 is 0. The lowest BCUT2D eigenvalue weighted by Crippen LogP contribution is -2.40. The molecular weight excluding hydrogens is 401 g/mol. The van der Waals surface area contributed by atoms with Crippen molar-refractivity contribution in [3.63, 3.8) is 0 Å². The summed E-state index contributed by atoms with van der Waals surface area (Å²) in [6.07, 6.45) is 3.56. The van der Waals surface area contributed by atoms with E-state index in [2.05, 4.69) is 39.9 Å². The normalized spacial score (nSPS) is 11.7. The minimum Gasteiger partial charge on any atom is -0.388 e. The van der Waals surface area contributed by atoms with E-state index in [1.54, 1.807) is 0 Å². The maximum Gasteiger partial charge on any atom is 0.191 e. The molecule has 0 spiro atoms. The van der Waals surface area contributed by atoms with E-state index in [0.29, 0.717) is 6.54 Å². The Morgan fingerprint density at radius 1 is 1.09 bits per heavy atom. The average Bonchev–Trinajstić information content (AvgIpc) is 2.57. The third-order valence-electron chi connectivity index (χ3n) is 3.97. The van der Waals surface area contributed by atoms with Crippen molar-refractivity contribution < 1.29 is 5.11 Å². The monoisotopic (exact) mass is 433 g/mol. The zero-order valence-electron chi connectivity index (χ0n) is 14.6. The van der Waals surface area contributed by atoms with Crippen molar-refractivity contribution in [1.29, 1.82) is 0 Å². The summed E-state index contributed by atoms with van der Waals surface area (Å²) in [5.41, 5.74) is 0.671. The molecule has 0 radical (unpaired) electrons. The van der Waals surface area contributed by atoms with Gasteiger partial charge in [-0.05, 0) is 38.2 Å². The average molecular weight is 433 g/mol. The van der Waals surface area contributed by atoms with Crippen LogP contribution in [0.15, 0.2) is 35.3 Å². The molecule has 0 aliphatic heterocycles. The second kappa shape index (κ2) is 12.6. The summed E-state index contributed by atoms with van der Waals surface area (Å²) in [4.78, 5) is 4.52. The molecule has 0 saturated heterocycles. The molecular formula is C18H32IN3O. The number of hydrogen-bond acceptors (Lipinski definition) is 2. The lowest BCUT2D eigenvalue weighted by atomic mass is 9.98. The second-order valence-electron chi connectivity index (χ2n) is 5.64. The molecule has 132 valence electrons. The van der Waals surface area contributed by atoms with Crippen molar-refractivity contribution in [3.05, 3.63) is 35.9 Å². The summed E-state index contributed by atoms with van der Waals surface area (Å²) in [6, 6.07) is 10.5. The number of nitrogens with zero attached hydrogens (tertiary/aromatic N) is 1. The summed E-state index contributed by atoms with van der Waals surface area (Å²) in [5, 5.41) is 16.9. The molecule has 0 saturated carbocycles. The molecule has 5 heteroatoms. The SMILES string of the molecule is CCNC(=NCC(O)(CC)CC)NCCCc1ccccc1.I. The summed E-state index contributed by atoms with van der Waals surface area (Å²) in [5.74, 6) is 0.788. The maximum absolute atomic E-state index is 10.3. The number of aliphatic hydroxyl groups is 1. The molecule has 1 aromatic rings. The molecule has 0 amide bonds. The quantitative estimate of drug-likeness (QED) is 0.242. The van der Waals surface area contributed by atoms with Crippen LogP contribution < -0.4 is 10.6 Å². The van der Waals surface area contributed by atoms with E-state index in [1.807, 2.05) is 26.8 Å². The molecule has 0 unspecified atom stereocenters. The third-order valence-corrected chi connectivity index (χ3v) is 3.97. The molecule has 0 fully saturated rings. The number of hydrogen-bond donors (Lipinski definition) is 3. The van der Waals surface area contributed by atoms with E-state index >= 15 is 0 Å². The van der Waals surface area contributed by atoms with Crippen molar-refractivity contribution >= 4 is 29.9 Å². The highest BCUT2D eigenvalue weighted by atomic mass is 127. The first-order chi connectivity index (χ1) is 10.6. The van der Waals surface area contributed by atoms with Crippen LogP contribution in [0.5, 0.6) is 0 Å². The Bertz CT molecular complexity index is 433. The van der Waals surface area contributed by atoms with E-state index < -0.39 is 5.60 Å². The van der Waals surface area contributed by atoms with Gasteiger partial charge in [-0.15, -0.1) is 24.0 Å². The summed E-state index contributed by atoms with van der Waals surface area (Å²) in [7, 11) is 0. The van der Waals surface area contributed by atoms with Crippen LogP contribution in [-0.2, 0) is 6.42 Å². The Kier molecular flexibility index (Phi) is 12.1. The van der Waals surface area contributed by atoms with Crippen molar-refractivity contribution in [1.82, 2.24) is 10.6 Å². The van der Waals surface area contributed by atoms with Crippen molar-refractivity contribution in [2.45, 2.75) is 52.1 Å². The molecule has 0 aliphatic carbocycles. The highest BCUT2D eigenvalue weighted by Crippen LogP contribution is 2.14. The molecule has 3 N–H and O–H groups in total. The topological polar surface area (TPSA) is 56.7 Å². The standard InChI is InChI=1S/C18H31N3O.HI/c1-4-18(22,5-2)15-21-17(19-6-3)20-14-10-13-16-11-8-7-9-12-16;/h7-9,11-12,22H,4-6,10,13-15H2,1-3H3,(H2,19,20,21);1H. The molecule has 0 heterocycles. The maximum atomic E-state index is 10.3. The van der Waals surface area contributed by atoms with E-state index in [-0.39, 0.29) is 24.0 Å². The fourth-order valence-corrected chi connectivity index (χ4v) is 2.19. The smallest absolute Gasteiger partial charge is 0.191 e. The number of aliphatic imine (C=N–C) groups is 1. The zero-order chi connectivity index (χ0) is 16.3. The number of rotatable bonds is 9. The van der Waals surface area contributed by atoms with Gasteiger partial charge in [-0.3, -0.25) is 4.99 Å². The minimum atomic E-state index is -0.688. The number of aryl methyl sites for hydroxylation is 1. The number of halogens is 1. The van der Waals surface area contributed by atoms with Crippen LogP contribution in [0.1, 0.15) is 45.6 Å². The number of guanidine groups is 1. The van der Waals surface area contributed by atoms with Gasteiger partial charge in [0.2, 0.25) is 0 Å². The Labute approximate surface area is 158 Å². The first-order valence-corrected chi connectivity index (χ1v) is 8.42. The Balaban J connectivity index is 0.00000484. The van der Waals surface area contributed by atoms with Crippen molar-refractivity contribution in [2.24, 2.45) is 4.99 Å². The van der Waals surface area contributed by atoms with Gasteiger partial charge in [-0.25, -0.2) is 0 Å². The molecule has 23 heavy (non-hydrogen) atoms. The highest BCUT2D eigenvalue weighted by Gasteiger charge is 2.21. The van der Waals surface area contributed by atoms with Gasteiger partial charge in [-0.2, -0.15) is 0 Å². The Hall–Kier alpha value is -0.820. The summed E-state index contributed by atoms with van der Waals surface area (Å²) >= 11 is 0. The van der Waals surface area contributed by atoms with Gasteiger partial charge >= 0.3 is 0 Å². The Morgan fingerprint density at radius 3 is 2.30 bits per heavy atom. The van der Waals surface area contributed by atoms with E-state index in [4.69, 9.17) is 0 Å². The van der Waals surface area contributed by atoms with Crippen LogP contribution in [0.2, 0.25) is 0 Å². The van der Waals surface area contributed by atoms with Gasteiger partial charge in [-0.1, -0.05) is 44.2 Å². The largest absolute Gasteiger partial charge is 0.388 e. The third kappa shape index (κ3) is 9.15. The zero-order valence-corrected chi connectivity index (χ0v) is 17.0. The molecule has 0 aromatic heterocycles. The van der Waals surface area contributed by atoms with Crippen LogP contribution in [-0.4, -0.2) is 36.3 Å². The molecule has 1 aromatic carbocycles. The minimum absolute atomic E-state index is 0. The fourth-order valence-electron chi connectivity index (χ4n) is 2.19. The molecule has 0 bridgehead atoms. The van der Waals surface area contributed by atoms with Gasteiger partial charge in [0.25, 0.3) is 0 Å². The van der Waals surface area contributed by atoms with Gasteiger partial charge in [0.1, 0.15) is 0 Å². The van der Waals surface area contributed by atoms with Crippen LogP contribution in [0, 0.1) is 0 Å². The Morgan fingerprint density at radius 2 is 1.74 bits per heavy atom. The second-order valence-corrected chi connectivity index (χ2v) is 5.64. The van der Waals surface area contributed by atoms with Crippen molar-refractivity contribution in [3.8, 4) is 0 Å². The number of nitrogens with one attached hydrogen (secondary N) is 2. The molecule has 0 aliphatic rings. The van der Waals surface area contributed by atoms with Gasteiger partial charge in [0.05, 0.1) is 12.1 Å². The van der Waals surface area contributed by atoms with Crippen LogP contribution in [0.4, 0.5) is 0 Å². The fraction of sp³-hybridized carbons (Fsp3) is 0.611. The number of benzene rings is 1. The van der Waals surface area contributed by atoms with Gasteiger partial charge in [0, 0.05) is 13.1 Å². The predicted molar refractivity (Wildman–Crippen MR) is 110 cm³/mol. The lowest BCUT2D eigenvalue weighted by molar-refractivity contribution is 0.0418. The summed E-state index contributed by atoms with van der Waals surface area (Å²) in [6.45, 7) is 8.18. The molecule has 1 rings (SSSR count).